The maximum Gasteiger partial charge on any atom is 0.00957 e. The first-order chi connectivity index (χ1) is 12.0. The highest BCUT2D eigenvalue weighted by Crippen LogP contribution is 2.45. The highest BCUT2D eigenvalue weighted by atomic mass is 15.2. The summed E-state index contributed by atoms with van der Waals surface area (Å²) in [5, 5.41) is 0. The number of hydrogen-bond acceptors (Lipinski definition) is 2. The van der Waals surface area contributed by atoms with Crippen LogP contribution in [0.5, 0.6) is 0 Å². The molecule has 0 N–H and O–H groups in total. The van der Waals surface area contributed by atoms with Gasteiger partial charge in [0.2, 0.25) is 0 Å². The Morgan fingerprint density at radius 1 is 0.760 bits per heavy atom. The van der Waals surface area contributed by atoms with E-state index in [-0.39, 0.29) is 0 Å². The normalized spacial score (nSPS) is 25.2. The van der Waals surface area contributed by atoms with Gasteiger partial charge in [0.05, 0.1) is 0 Å². The van der Waals surface area contributed by atoms with Crippen molar-refractivity contribution in [3.05, 3.63) is 0 Å². The van der Waals surface area contributed by atoms with E-state index in [1.54, 1.807) is 0 Å². The molecule has 2 nitrogen and oxygen atoms in total. The van der Waals surface area contributed by atoms with Crippen molar-refractivity contribution < 1.29 is 0 Å². The van der Waals surface area contributed by atoms with Gasteiger partial charge in [0.15, 0.2) is 0 Å². The van der Waals surface area contributed by atoms with E-state index in [4.69, 9.17) is 0 Å². The van der Waals surface area contributed by atoms with Crippen molar-refractivity contribution in [1.29, 1.82) is 0 Å². The zero-order valence-corrected chi connectivity index (χ0v) is 18.8. The second kappa shape index (κ2) is 10.9. The van der Waals surface area contributed by atoms with E-state index in [2.05, 4.69) is 37.5 Å². The molecule has 0 bridgehead atoms. The van der Waals surface area contributed by atoms with Crippen LogP contribution >= 0.6 is 0 Å². The second-order valence-corrected chi connectivity index (χ2v) is 8.85. The Morgan fingerprint density at radius 2 is 1.24 bits per heavy atom. The van der Waals surface area contributed by atoms with E-state index >= 15 is 0 Å². The van der Waals surface area contributed by atoms with Crippen molar-refractivity contribution in [2.45, 2.75) is 106 Å². The monoisotopic (exact) mass is 352 g/mol. The molecule has 25 heavy (non-hydrogen) atoms. The maximum atomic E-state index is 2.84. The lowest BCUT2D eigenvalue weighted by Crippen LogP contribution is -2.60. The lowest BCUT2D eigenvalue weighted by atomic mass is 9.66. The summed E-state index contributed by atoms with van der Waals surface area (Å²) in [6, 6.07) is 1.67. The molecule has 0 aromatic rings. The standard InChI is InChI=1S/C19H36N2.2C2H6/c1-15(2)17-7-11-20(12-8-17)18-5-9-19(10-6-18)13-21(14-19)16(3)4;2*1-2/h15-18H,5-14H2,1-4H3;2*1-2H3. The summed E-state index contributed by atoms with van der Waals surface area (Å²) in [5.74, 6) is 1.88. The second-order valence-electron chi connectivity index (χ2n) is 8.85. The molecule has 2 heteroatoms. The minimum Gasteiger partial charge on any atom is -0.300 e. The van der Waals surface area contributed by atoms with E-state index in [0.717, 1.165) is 29.3 Å². The van der Waals surface area contributed by atoms with Gasteiger partial charge in [-0.2, -0.15) is 0 Å². The first-order valence-corrected chi connectivity index (χ1v) is 11.5. The quantitative estimate of drug-likeness (QED) is 0.609. The predicted octanol–water partition coefficient (Wildman–Crippen LogP) is 6.06. The van der Waals surface area contributed by atoms with E-state index in [9.17, 15) is 0 Å². The van der Waals surface area contributed by atoms with E-state index in [0.29, 0.717) is 0 Å². The highest BCUT2D eigenvalue weighted by Gasteiger charge is 2.46. The van der Waals surface area contributed by atoms with Crippen molar-refractivity contribution in [1.82, 2.24) is 9.80 Å². The zero-order chi connectivity index (χ0) is 19.0. The van der Waals surface area contributed by atoms with Crippen LogP contribution in [0.1, 0.15) is 93.9 Å². The van der Waals surface area contributed by atoms with Crippen LogP contribution in [-0.2, 0) is 0 Å². The van der Waals surface area contributed by atoms with Crippen LogP contribution in [-0.4, -0.2) is 48.1 Å². The number of rotatable bonds is 3. The average Bonchev–Trinajstić information content (AvgIpc) is 2.63. The molecule has 1 spiro atoms. The SMILES string of the molecule is CC.CC.CC(C)C1CCN(C2CCC3(CC2)CN(C(C)C)C3)CC1. The molecular formula is C23H48N2. The summed E-state index contributed by atoms with van der Waals surface area (Å²) >= 11 is 0. The van der Waals surface area contributed by atoms with E-state index < -0.39 is 0 Å². The minimum absolute atomic E-state index is 0.719. The molecule has 0 aromatic heterocycles. The smallest absolute Gasteiger partial charge is 0.00957 e. The highest BCUT2D eigenvalue weighted by molar-refractivity contribution is 5.00. The van der Waals surface area contributed by atoms with Gasteiger partial charge in [0.25, 0.3) is 0 Å². The summed E-state index contributed by atoms with van der Waals surface area (Å²) in [4.78, 5) is 5.50. The summed E-state index contributed by atoms with van der Waals surface area (Å²) in [7, 11) is 0. The molecule has 3 fully saturated rings. The minimum atomic E-state index is 0.719. The molecule has 0 aromatic carbocycles. The summed E-state index contributed by atoms with van der Waals surface area (Å²) in [6.45, 7) is 23.0. The van der Waals surface area contributed by atoms with Crippen LogP contribution in [0.3, 0.4) is 0 Å². The molecule has 0 unspecified atom stereocenters. The molecule has 1 saturated carbocycles. The summed E-state index contributed by atoms with van der Waals surface area (Å²) in [5.41, 5.74) is 0.719. The fourth-order valence-corrected chi connectivity index (χ4v) is 5.03. The molecule has 2 saturated heterocycles. The first kappa shape index (κ1) is 23.0. The van der Waals surface area contributed by atoms with Gasteiger partial charge in [-0.05, 0) is 82.7 Å². The Balaban J connectivity index is 0.000000730. The number of likely N-dealkylation sites (tertiary alicyclic amines) is 2. The lowest BCUT2D eigenvalue weighted by molar-refractivity contribution is -0.0635. The predicted molar refractivity (Wildman–Crippen MR) is 113 cm³/mol. The van der Waals surface area contributed by atoms with Gasteiger partial charge >= 0.3 is 0 Å². The van der Waals surface area contributed by atoms with E-state index in [1.165, 1.54) is 64.7 Å². The van der Waals surface area contributed by atoms with Gasteiger partial charge in [0.1, 0.15) is 0 Å². The molecule has 1 aliphatic carbocycles. The van der Waals surface area contributed by atoms with Crippen LogP contribution in [0.4, 0.5) is 0 Å². The fraction of sp³-hybridized carbons (Fsp3) is 1.00. The van der Waals surface area contributed by atoms with Crippen LogP contribution in [0, 0.1) is 17.3 Å². The third-order valence-electron chi connectivity index (χ3n) is 6.86. The lowest BCUT2D eigenvalue weighted by Gasteiger charge is -2.56. The van der Waals surface area contributed by atoms with Crippen molar-refractivity contribution in [2.75, 3.05) is 26.2 Å². The molecule has 150 valence electrons. The molecule has 0 atom stereocenters. The van der Waals surface area contributed by atoms with Gasteiger partial charge in [0, 0.05) is 25.2 Å². The Morgan fingerprint density at radius 3 is 1.64 bits per heavy atom. The van der Waals surface area contributed by atoms with Crippen molar-refractivity contribution in [2.24, 2.45) is 17.3 Å². The van der Waals surface area contributed by atoms with Crippen LogP contribution < -0.4 is 0 Å². The molecule has 0 radical (unpaired) electrons. The Hall–Kier alpha value is -0.0800. The Bertz CT molecular complexity index is 326. The van der Waals surface area contributed by atoms with Crippen molar-refractivity contribution in [3.63, 3.8) is 0 Å². The van der Waals surface area contributed by atoms with Gasteiger partial charge in [-0.25, -0.2) is 0 Å². The first-order valence-electron chi connectivity index (χ1n) is 11.5. The van der Waals surface area contributed by atoms with Crippen molar-refractivity contribution >= 4 is 0 Å². The average molecular weight is 353 g/mol. The van der Waals surface area contributed by atoms with Gasteiger partial charge in [-0.15, -0.1) is 0 Å². The largest absolute Gasteiger partial charge is 0.300 e. The number of nitrogens with zero attached hydrogens (tertiary/aromatic N) is 2. The zero-order valence-electron chi connectivity index (χ0n) is 18.8. The third kappa shape index (κ3) is 5.96. The van der Waals surface area contributed by atoms with Gasteiger partial charge in [-0.1, -0.05) is 41.5 Å². The van der Waals surface area contributed by atoms with Crippen LogP contribution in [0.15, 0.2) is 0 Å². The van der Waals surface area contributed by atoms with Gasteiger partial charge < -0.3 is 4.90 Å². The Labute approximate surface area is 159 Å². The summed E-state index contributed by atoms with van der Waals surface area (Å²) < 4.78 is 0. The van der Waals surface area contributed by atoms with Gasteiger partial charge in [-0.3, -0.25) is 4.90 Å². The molecule has 2 aliphatic heterocycles. The molecule has 3 rings (SSSR count). The summed E-state index contributed by atoms with van der Waals surface area (Å²) in [6.07, 6.45) is 8.81. The van der Waals surface area contributed by atoms with Crippen molar-refractivity contribution in [3.8, 4) is 0 Å². The molecule has 0 amide bonds. The number of piperidine rings is 1. The van der Waals surface area contributed by atoms with Crippen LogP contribution in [0.2, 0.25) is 0 Å². The maximum absolute atomic E-state index is 2.84. The topological polar surface area (TPSA) is 6.48 Å². The Kier molecular flexibility index (Phi) is 10.0. The van der Waals surface area contributed by atoms with E-state index in [1.807, 2.05) is 27.7 Å². The third-order valence-corrected chi connectivity index (χ3v) is 6.86. The molecule has 3 aliphatic rings. The fourth-order valence-electron chi connectivity index (χ4n) is 5.03. The molecule has 2 heterocycles. The molecular weight excluding hydrogens is 304 g/mol. The van der Waals surface area contributed by atoms with Crippen LogP contribution in [0.25, 0.3) is 0 Å². The number of hydrogen-bond donors (Lipinski definition) is 0.